The predicted octanol–water partition coefficient (Wildman–Crippen LogP) is 4.02. The van der Waals surface area contributed by atoms with Crippen LogP contribution in [0.1, 0.15) is 19.4 Å². The van der Waals surface area contributed by atoms with Crippen molar-refractivity contribution in [2.75, 3.05) is 5.73 Å². The maximum absolute atomic E-state index is 13.8. The SMILES string of the molecule is CC(C)Cc1c(-c2cc(Br)ccc2F)noc1N. The molecule has 0 spiro atoms. The minimum Gasteiger partial charge on any atom is -0.367 e. The number of anilines is 1. The predicted molar refractivity (Wildman–Crippen MR) is 72.6 cm³/mol. The Morgan fingerprint density at radius 2 is 2.17 bits per heavy atom. The van der Waals surface area contributed by atoms with Crippen molar-refractivity contribution in [3.63, 3.8) is 0 Å². The molecule has 2 N–H and O–H groups in total. The first kappa shape index (κ1) is 13.1. The Labute approximate surface area is 113 Å². The molecule has 5 heteroatoms. The first-order chi connectivity index (χ1) is 8.49. The Morgan fingerprint density at radius 1 is 1.44 bits per heavy atom. The Kier molecular flexibility index (Phi) is 3.71. The summed E-state index contributed by atoms with van der Waals surface area (Å²) in [5.74, 6) is 0.315. The van der Waals surface area contributed by atoms with Gasteiger partial charge in [0.1, 0.15) is 11.5 Å². The van der Waals surface area contributed by atoms with Crippen molar-refractivity contribution in [2.24, 2.45) is 5.92 Å². The molecule has 0 aliphatic heterocycles. The Bertz CT molecular complexity index is 566. The summed E-state index contributed by atoms with van der Waals surface area (Å²) in [6, 6.07) is 4.71. The molecule has 2 aromatic rings. The van der Waals surface area contributed by atoms with Crippen LogP contribution in [-0.2, 0) is 6.42 Å². The first-order valence-corrected chi connectivity index (χ1v) is 6.47. The minimum atomic E-state index is -0.337. The summed E-state index contributed by atoms with van der Waals surface area (Å²) in [6.07, 6.45) is 0.705. The van der Waals surface area contributed by atoms with Gasteiger partial charge in [-0.05, 0) is 30.5 Å². The second kappa shape index (κ2) is 5.10. The van der Waals surface area contributed by atoms with Gasteiger partial charge >= 0.3 is 0 Å². The normalized spacial score (nSPS) is 11.2. The lowest BCUT2D eigenvalue weighted by Gasteiger charge is -2.06. The first-order valence-electron chi connectivity index (χ1n) is 5.68. The average Bonchev–Trinajstić information content (AvgIpc) is 2.64. The molecule has 1 aromatic carbocycles. The number of benzene rings is 1. The summed E-state index contributed by atoms with van der Waals surface area (Å²) in [4.78, 5) is 0. The van der Waals surface area contributed by atoms with Crippen molar-refractivity contribution in [3.05, 3.63) is 34.1 Å². The fourth-order valence-electron chi connectivity index (χ4n) is 1.82. The standard InChI is InChI=1S/C13H14BrFN2O/c1-7(2)5-10-12(17-18-13(10)16)9-6-8(14)3-4-11(9)15/h3-4,6-7H,5,16H2,1-2H3. The van der Waals surface area contributed by atoms with Crippen molar-refractivity contribution in [1.82, 2.24) is 5.16 Å². The van der Waals surface area contributed by atoms with Gasteiger partial charge in [-0.15, -0.1) is 0 Å². The van der Waals surface area contributed by atoms with Gasteiger partial charge < -0.3 is 10.3 Å². The number of halogens is 2. The second-order valence-corrected chi connectivity index (χ2v) is 5.51. The molecule has 0 saturated carbocycles. The molecule has 0 saturated heterocycles. The summed E-state index contributed by atoms with van der Waals surface area (Å²) in [7, 11) is 0. The molecular formula is C13H14BrFN2O. The van der Waals surface area contributed by atoms with Crippen LogP contribution in [0.5, 0.6) is 0 Å². The van der Waals surface area contributed by atoms with E-state index in [0.29, 0.717) is 23.6 Å². The molecule has 1 heterocycles. The highest BCUT2D eigenvalue weighted by Crippen LogP contribution is 2.32. The van der Waals surface area contributed by atoms with Crippen LogP contribution in [0, 0.1) is 11.7 Å². The van der Waals surface area contributed by atoms with E-state index in [9.17, 15) is 4.39 Å². The lowest BCUT2D eigenvalue weighted by Crippen LogP contribution is -1.99. The number of aromatic nitrogens is 1. The van der Waals surface area contributed by atoms with Crippen molar-refractivity contribution < 1.29 is 8.91 Å². The van der Waals surface area contributed by atoms with Crippen LogP contribution in [-0.4, -0.2) is 5.16 Å². The van der Waals surface area contributed by atoms with Crippen molar-refractivity contribution >= 4 is 21.8 Å². The zero-order valence-electron chi connectivity index (χ0n) is 10.2. The number of nitrogen functional groups attached to an aromatic ring is 1. The number of hydrogen-bond donors (Lipinski definition) is 1. The molecule has 0 amide bonds. The highest BCUT2D eigenvalue weighted by molar-refractivity contribution is 9.10. The van der Waals surface area contributed by atoms with Gasteiger partial charge in [-0.1, -0.05) is 34.9 Å². The van der Waals surface area contributed by atoms with Crippen LogP contribution in [0.2, 0.25) is 0 Å². The number of nitrogens with zero attached hydrogens (tertiary/aromatic N) is 1. The van der Waals surface area contributed by atoms with E-state index in [-0.39, 0.29) is 11.7 Å². The number of hydrogen-bond acceptors (Lipinski definition) is 3. The topological polar surface area (TPSA) is 52.0 Å². The summed E-state index contributed by atoms with van der Waals surface area (Å²) in [5, 5.41) is 3.88. The van der Waals surface area contributed by atoms with Gasteiger partial charge in [0.05, 0.1) is 0 Å². The third kappa shape index (κ3) is 2.56. The van der Waals surface area contributed by atoms with E-state index < -0.39 is 0 Å². The third-order valence-corrected chi connectivity index (χ3v) is 3.11. The largest absolute Gasteiger partial charge is 0.367 e. The zero-order chi connectivity index (χ0) is 13.3. The van der Waals surface area contributed by atoms with Gasteiger partial charge in [-0.25, -0.2) is 4.39 Å². The fraction of sp³-hybridized carbons (Fsp3) is 0.308. The van der Waals surface area contributed by atoms with Gasteiger partial charge in [0.15, 0.2) is 0 Å². The van der Waals surface area contributed by atoms with Crippen molar-refractivity contribution in [1.29, 1.82) is 0 Å². The van der Waals surface area contributed by atoms with Crippen LogP contribution in [0.25, 0.3) is 11.3 Å². The van der Waals surface area contributed by atoms with Gasteiger partial charge in [0.2, 0.25) is 5.88 Å². The third-order valence-electron chi connectivity index (χ3n) is 2.61. The van der Waals surface area contributed by atoms with Crippen molar-refractivity contribution in [2.45, 2.75) is 20.3 Å². The van der Waals surface area contributed by atoms with Crippen LogP contribution >= 0.6 is 15.9 Å². The molecule has 0 aliphatic rings. The monoisotopic (exact) mass is 312 g/mol. The minimum absolute atomic E-state index is 0.262. The molecule has 1 aromatic heterocycles. The second-order valence-electron chi connectivity index (χ2n) is 4.60. The van der Waals surface area contributed by atoms with Gasteiger partial charge in [0.25, 0.3) is 0 Å². The van der Waals surface area contributed by atoms with Crippen LogP contribution in [0.4, 0.5) is 10.3 Å². The Balaban J connectivity index is 2.53. The quantitative estimate of drug-likeness (QED) is 0.931. The smallest absolute Gasteiger partial charge is 0.225 e. The zero-order valence-corrected chi connectivity index (χ0v) is 11.8. The van der Waals surface area contributed by atoms with E-state index in [0.717, 1.165) is 10.0 Å². The Hall–Kier alpha value is -1.36. The van der Waals surface area contributed by atoms with E-state index in [2.05, 4.69) is 34.9 Å². The summed E-state index contributed by atoms with van der Waals surface area (Å²) in [6.45, 7) is 4.13. The average molecular weight is 313 g/mol. The number of rotatable bonds is 3. The lowest BCUT2D eigenvalue weighted by atomic mass is 9.99. The molecule has 96 valence electrons. The van der Waals surface area contributed by atoms with E-state index >= 15 is 0 Å². The molecule has 0 unspecified atom stereocenters. The molecule has 0 fully saturated rings. The molecular weight excluding hydrogens is 299 g/mol. The Morgan fingerprint density at radius 3 is 2.83 bits per heavy atom. The summed E-state index contributed by atoms with van der Waals surface area (Å²) >= 11 is 3.32. The van der Waals surface area contributed by atoms with E-state index in [1.807, 2.05) is 0 Å². The fourth-order valence-corrected chi connectivity index (χ4v) is 2.18. The molecule has 0 bridgehead atoms. The summed E-state index contributed by atoms with van der Waals surface area (Å²) < 4.78 is 19.6. The van der Waals surface area contributed by atoms with Crippen LogP contribution in [0.3, 0.4) is 0 Å². The molecule has 0 aliphatic carbocycles. The maximum Gasteiger partial charge on any atom is 0.225 e. The summed E-state index contributed by atoms with van der Waals surface area (Å²) in [5.41, 5.74) is 7.41. The van der Waals surface area contributed by atoms with E-state index in [4.69, 9.17) is 10.3 Å². The van der Waals surface area contributed by atoms with Crippen LogP contribution in [0.15, 0.2) is 27.2 Å². The molecule has 3 nitrogen and oxygen atoms in total. The van der Waals surface area contributed by atoms with Gasteiger partial charge in [0, 0.05) is 15.6 Å². The molecule has 0 atom stereocenters. The lowest BCUT2D eigenvalue weighted by molar-refractivity contribution is 0.437. The van der Waals surface area contributed by atoms with Crippen molar-refractivity contribution in [3.8, 4) is 11.3 Å². The highest BCUT2D eigenvalue weighted by Gasteiger charge is 2.19. The van der Waals surface area contributed by atoms with E-state index in [1.165, 1.54) is 6.07 Å². The van der Waals surface area contributed by atoms with Crippen LogP contribution < -0.4 is 5.73 Å². The molecule has 0 radical (unpaired) electrons. The highest BCUT2D eigenvalue weighted by atomic mass is 79.9. The molecule has 18 heavy (non-hydrogen) atoms. The maximum atomic E-state index is 13.8. The molecule has 2 rings (SSSR count). The van der Waals surface area contributed by atoms with Gasteiger partial charge in [-0.3, -0.25) is 0 Å². The van der Waals surface area contributed by atoms with Gasteiger partial charge in [-0.2, -0.15) is 0 Å². The number of nitrogens with two attached hydrogens (primary N) is 1. The van der Waals surface area contributed by atoms with E-state index in [1.54, 1.807) is 12.1 Å².